The fraction of sp³-hybridized carbons (Fsp3) is 0.278. The monoisotopic (exact) mass is 358 g/mol. The minimum absolute atomic E-state index is 0.104. The van der Waals surface area contributed by atoms with Gasteiger partial charge in [-0.3, -0.25) is 9.59 Å². The number of carbonyl (C=O) groups excluding carboxylic acids is 2. The van der Waals surface area contributed by atoms with Crippen LogP contribution in [0.5, 0.6) is 0 Å². The highest BCUT2D eigenvalue weighted by Crippen LogP contribution is 2.17. The zero-order chi connectivity index (χ0) is 17.8. The third-order valence-electron chi connectivity index (χ3n) is 4.17. The van der Waals surface area contributed by atoms with Crippen LogP contribution in [0.1, 0.15) is 17.4 Å². The maximum absolute atomic E-state index is 12.2. The number of rotatable bonds is 3. The van der Waals surface area contributed by atoms with E-state index in [2.05, 4.69) is 15.2 Å². The van der Waals surface area contributed by atoms with Crippen LogP contribution >= 0.6 is 11.6 Å². The number of hydrogen-bond donors (Lipinski definition) is 1. The van der Waals surface area contributed by atoms with Gasteiger partial charge in [0.2, 0.25) is 5.91 Å². The fourth-order valence-electron chi connectivity index (χ4n) is 2.72. The van der Waals surface area contributed by atoms with E-state index >= 15 is 0 Å². The average molecular weight is 359 g/mol. The molecule has 0 bridgehead atoms. The van der Waals surface area contributed by atoms with E-state index < -0.39 is 0 Å². The Hall–Kier alpha value is -2.60. The van der Waals surface area contributed by atoms with Gasteiger partial charge in [0.1, 0.15) is 5.69 Å². The zero-order valence-electron chi connectivity index (χ0n) is 13.9. The van der Waals surface area contributed by atoms with Gasteiger partial charge in [-0.25, -0.2) is 4.98 Å². The minimum atomic E-state index is -0.268. The molecule has 1 saturated heterocycles. The number of nitrogens with one attached hydrogen (secondary N) is 1. The summed E-state index contributed by atoms with van der Waals surface area (Å²) in [6, 6.07) is 10.5. The van der Waals surface area contributed by atoms with Crippen LogP contribution in [-0.2, 0) is 4.79 Å². The quantitative estimate of drug-likeness (QED) is 0.916. The van der Waals surface area contributed by atoms with E-state index in [0.29, 0.717) is 29.5 Å². The Morgan fingerprint density at radius 3 is 2.28 bits per heavy atom. The minimum Gasteiger partial charge on any atom is -0.367 e. The van der Waals surface area contributed by atoms with Crippen molar-refractivity contribution in [1.82, 2.24) is 9.88 Å². The number of amides is 2. The molecule has 0 unspecified atom stereocenters. The van der Waals surface area contributed by atoms with Crippen molar-refractivity contribution in [2.45, 2.75) is 6.92 Å². The van der Waals surface area contributed by atoms with Gasteiger partial charge in [0, 0.05) is 43.8 Å². The maximum atomic E-state index is 12.2. The second kappa shape index (κ2) is 7.53. The molecule has 1 N–H and O–H groups in total. The van der Waals surface area contributed by atoms with Gasteiger partial charge in [0.25, 0.3) is 5.91 Å². The van der Waals surface area contributed by atoms with Crippen LogP contribution in [0, 0.1) is 0 Å². The molecule has 2 heterocycles. The first kappa shape index (κ1) is 17.2. The summed E-state index contributed by atoms with van der Waals surface area (Å²) < 4.78 is 0. The van der Waals surface area contributed by atoms with Crippen molar-refractivity contribution in [3.8, 4) is 0 Å². The molecule has 0 atom stereocenters. The highest BCUT2D eigenvalue weighted by Gasteiger charge is 2.19. The van der Waals surface area contributed by atoms with Crippen LogP contribution in [0.2, 0.25) is 5.02 Å². The van der Waals surface area contributed by atoms with Crippen LogP contribution in [-0.4, -0.2) is 47.9 Å². The normalized spacial score (nSPS) is 14.3. The highest BCUT2D eigenvalue weighted by atomic mass is 35.5. The summed E-state index contributed by atoms with van der Waals surface area (Å²) in [6.45, 7) is 4.52. The Labute approximate surface area is 151 Å². The summed E-state index contributed by atoms with van der Waals surface area (Å²) in [4.78, 5) is 31.9. The SMILES string of the molecule is CC(=O)N1CCN(c2ccc(C(=O)Nc3ccc(Cl)cc3)nc2)CC1. The molecule has 0 radical (unpaired) electrons. The van der Waals surface area contributed by atoms with Crippen LogP contribution in [0.3, 0.4) is 0 Å². The lowest BCUT2D eigenvalue weighted by Crippen LogP contribution is -2.48. The molecule has 130 valence electrons. The molecule has 1 fully saturated rings. The molecule has 1 aromatic heterocycles. The van der Waals surface area contributed by atoms with Crippen molar-refractivity contribution in [1.29, 1.82) is 0 Å². The number of carbonyl (C=O) groups is 2. The van der Waals surface area contributed by atoms with Crippen molar-refractivity contribution in [3.05, 3.63) is 53.3 Å². The third-order valence-corrected chi connectivity index (χ3v) is 4.42. The van der Waals surface area contributed by atoms with Gasteiger partial charge < -0.3 is 15.1 Å². The van der Waals surface area contributed by atoms with Crippen LogP contribution in [0.15, 0.2) is 42.6 Å². The van der Waals surface area contributed by atoms with Crippen molar-refractivity contribution < 1.29 is 9.59 Å². The van der Waals surface area contributed by atoms with Crippen molar-refractivity contribution in [2.75, 3.05) is 36.4 Å². The number of halogens is 1. The molecule has 0 spiro atoms. The average Bonchev–Trinajstić information content (AvgIpc) is 2.64. The standard InChI is InChI=1S/C18H19ClN4O2/c1-13(24)22-8-10-23(11-9-22)16-6-7-17(20-12-16)18(25)21-15-4-2-14(19)3-5-15/h2-7,12H,8-11H2,1H3,(H,21,25). The summed E-state index contributed by atoms with van der Waals surface area (Å²) >= 11 is 5.83. The molecule has 1 aliphatic heterocycles. The van der Waals surface area contributed by atoms with E-state index in [9.17, 15) is 9.59 Å². The van der Waals surface area contributed by atoms with Gasteiger partial charge in [-0.15, -0.1) is 0 Å². The van der Waals surface area contributed by atoms with E-state index in [1.165, 1.54) is 0 Å². The predicted molar refractivity (Wildman–Crippen MR) is 98.1 cm³/mol. The molecule has 2 aromatic rings. The van der Waals surface area contributed by atoms with E-state index in [-0.39, 0.29) is 11.8 Å². The lowest BCUT2D eigenvalue weighted by molar-refractivity contribution is -0.129. The molecule has 7 heteroatoms. The van der Waals surface area contributed by atoms with Crippen LogP contribution in [0.4, 0.5) is 11.4 Å². The van der Waals surface area contributed by atoms with E-state index in [0.717, 1.165) is 18.8 Å². The molecule has 0 aliphatic carbocycles. The van der Waals surface area contributed by atoms with Gasteiger partial charge >= 0.3 is 0 Å². The molecule has 1 aliphatic rings. The van der Waals surface area contributed by atoms with Crippen molar-refractivity contribution >= 4 is 34.8 Å². The Morgan fingerprint density at radius 1 is 1.04 bits per heavy atom. The second-order valence-electron chi connectivity index (χ2n) is 5.86. The number of benzene rings is 1. The predicted octanol–water partition coefficient (Wildman–Crippen LogP) is 2.66. The van der Waals surface area contributed by atoms with E-state index in [4.69, 9.17) is 11.6 Å². The van der Waals surface area contributed by atoms with E-state index in [1.807, 2.05) is 11.0 Å². The Kier molecular flexibility index (Phi) is 5.19. The number of pyridine rings is 1. The lowest BCUT2D eigenvalue weighted by Gasteiger charge is -2.35. The second-order valence-corrected chi connectivity index (χ2v) is 6.29. The van der Waals surface area contributed by atoms with Gasteiger partial charge in [-0.2, -0.15) is 0 Å². The van der Waals surface area contributed by atoms with Gasteiger partial charge in [-0.1, -0.05) is 11.6 Å². The first-order valence-electron chi connectivity index (χ1n) is 8.06. The van der Waals surface area contributed by atoms with Crippen molar-refractivity contribution in [3.63, 3.8) is 0 Å². The molecule has 25 heavy (non-hydrogen) atoms. The molecule has 0 saturated carbocycles. The summed E-state index contributed by atoms with van der Waals surface area (Å²) in [5.41, 5.74) is 1.97. The molecular formula is C18H19ClN4O2. The smallest absolute Gasteiger partial charge is 0.274 e. The van der Waals surface area contributed by atoms with E-state index in [1.54, 1.807) is 43.5 Å². The third kappa shape index (κ3) is 4.28. The molecule has 1 aromatic carbocycles. The Morgan fingerprint density at radius 2 is 1.72 bits per heavy atom. The number of anilines is 2. The largest absolute Gasteiger partial charge is 0.367 e. The molecular weight excluding hydrogens is 340 g/mol. The molecule has 6 nitrogen and oxygen atoms in total. The van der Waals surface area contributed by atoms with Gasteiger partial charge in [0.15, 0.2) is 0 Å². The summed E-state index contributed by atoms with van der Waals surface area (Å²) in [6.07, 6.45) is 1.69. The maximum Gasteiger partial charge on any atom is 0.274 e. The fourth-order valence-corrected chi connectivity index (χ4v) is 2.84. The summed E-state index contributed by atoms with van der Waals surface area (Å²) in [7, 11) is 0. The first-order valence-corrected chi connectivity index (χ1v) is 8.44. The van der Waals surface area contributed by atoms with Crippen LogP contribution in [0.25, 0.3) is 0 Å². The number of nitrogens with zero attached hydrogens (tertiary/aromatic N) is 3. The highest BCUT2D eigenvalue weighted by molar-refractivity contribution is 6.30. The zero-order valence-corrected chi connectivity index (χ0v) is 14.7. The van der Waals surface area contributed by atoms with Gasteiger partial charge in [-0.05, 0) is 36.4 Å². The van der Waals surface area contributed by atoms with Crippen LogP contribution < -0.4 is 10.2 Å². The topological polar surface area (TPSA) is 65.5 Å². The Balaban J connectivity index is 1.61. The number of piperazine rings is 1. The first-order chi connectivity index (χ1) is 12.0. The number of hydrogen-bond acceptors (Lipinski definition) is 4. The summed E-state index contributed by atoms with van der Waals surface area (Å²) in [5, 5.41) is 3.40. The van der Waals surface area contributed by atoms with Gasteiger partial charge in [0.05, 0.1) is 11.9 Å². The summed E-state index contributed by atoms with van der Waals surface area (Å²) in [5.74, 6) is -0.165. The van der Waals surface area contributed by atoms with Crippen molar-refractivity contribution in [2.24, 2.45) is 0 Å². The number of aromatic nitrogens is 1. The lowest BCUT2D eigenvalue weighted by atomic mass is 10.2. The molecule has 2 amide bonds. The molecule has 3 rings (SSSR count). The Bertz CT molecular complexity index is 754.